The van der Waals surface area contributed by atoms with Crippen LogP contribution in [0.25, 0.3) is 0 Å². The van der Waals surface area contributed by atoms with E-state index in [0.29, 0.717) is 41.3 Å². The number of hydrogen-bond acceptors (Lipinski definition) is 6. The first-order valence-corrected chi connectivity index (χ1v) is 9.46. The molecule has 8 heteroatoms. The van der Waals surface area contributed by atoms with Gasteiger partial charge >= 0.3 is 12.0 Å². The Morgan fingerprint density at radius 3 is 2.81 bits per heavy atom. The molecule has 2 aromatic rings. The minimum absolute atomic E-state index is 0.0609. The summed E-state index contributed by atoms with van der Waals surface area (Å²) in [4.78, 5) is 38.8. The number of amides is 2. The highest BCUT2D eigenvalue weighted by Crippen LogP contribution is 2.35. The molecule has 0 radical (unpaired) electrons. The molecule has 1 aliphatic heterocycles. The summed E-state index contributed by atoms with van der Waals surface area (Å²) in [5, 5.41) is 3.24. The van der Waals surface area contributed by atoms with Crippen LogP contribution in [0.3, 0.4) is 0 Å². The van der Waals surface area contributed by atoms with E-state index >= 15 is 0 Å². The summed E-state index contributed by atoms with van der Waals surface area (Å²) >= 11 is 1.32. The number of nitrogens with zero attached hydrogens (tertiary/aromatic N) is 1. The summed E-state index contributed by atoms with van der Waals surface area (Å²) in [6, 6.07) is 6.56. The SMILES string of the molecule is CCOC(=O)c1c(N)sc2c1CCN(C(=O)Nc1cccc(C(C)=O)c1)C2. The van der Waals surface area contributed by atoms with Crippen molar-refractivity contribution in [2.24, 2.45) is 0 Å². The second kappa shape index (κ2) is 7.79. The smallest absolute Gasteiger partial charge is 0.341 e. The molecule has 27 heavy (non-hydrogen) atoms. The molecule has 0 bridgehead atoms. The second-order valence-electron chi connectivity index (χ2n) is 6.20. The van der Waals surface area contributed by atoms with Gasteiger partial charge in [0, 0.05) is 22.7 Å². The Labute approximate surface area is 161 Å². The number of nitrogen functional groups attached to an aromatic ring is 1. The zero-order chi connectivity index (χ0) is 19.6. The van der Waals surface area contributed by atoms with Gasteiger partial charge in [0.15, 0.2) is 5.78 Å². The normalized spacial score (nSPS) is 13.0. The molecule has 142 valence electrons. The Bertz CT molecular complexity index is 906. The average molecular weight is 387 g/mol. The van der Waals surface area contributed by atoms with Gasteiger partial charge in [0.1, 0.15) is 5.00 Å². The van der Waals surface area contributed by atoms with Crippen LogP contribution in [0.5, 0.6) is 0 Å². The maximum Gasteiger partial charge on any atom is 0.341 e. The maximum absolute atomic E-state index is 12.6. The summed E-state index contributed by atoms with van der Waals surface area (Å²) in [6.07, 6.45) is 0.540. The summed E-state index contributed by atoms with van der Waals surface area (Å²) < 4.78 is 5.08. The first-order chi connectivity index (χ1) is 12.9. The molecule has 3 rings (SSSR count). The predicted octanol–water partition coefficient (Wildman–Crippen LogP) is 3.30. The standard InChI is InChI=1S/C19H21N3O4S/c1-3-26-18(24)16-14-7-8-22(10-15(14)27-17(16)20)19(25)21-13-6-4-5-12(9-13)11(2)23/h4-6,9H,3,7-8,10,20H2,1-2H3,(H,21,25). The van der Waals surface area contributed by atoms with Gasteiger partial charge in [-0.05, 0) is 38.0 Å². The van der Waals surface area contributed by atoms with Crippen LogP contribution in [-0.2, 0) is 17.7 Å². The van der Waals surface area contributed by atoms with Crippen LogP contribution in [-0.4, -0.2) is 35.8 Å². The topological polar surface area (TPSA) is 102 Å². The van der Waals surface area contributed by atoms with Gasteiger partial charge < -0.3 is 20.7 Å². The highest BCUT2D eigenvalue weighted by Gasteiger charge is 2.29. The van der Waals surface area contributed by atoms with Crippen LogP contribution in [0.2, 0.25) is 0 Å². The van der Waals surface area contributed by atoms with Crippen molar-refractivity contribution in [1.29, 1.82) is 0 Å². The Balaban J connectivity index is 1.73. The number of carbonyl (C=O) groups excluding carboxylic acids is 3. The number of fused-ring (bicyclic) bond motifs is 1. The van der Waals surface area contributed by atoms with E-state index in [2.05, 4.69) is 5.32 Å². The Morgan fingerprint density at radius 1 is 1.33 bits per heavy atom. The van der Waals surface area contributed by atoms with Gasteiger partial charge in [0.2, 0.25) is 0 Å². The number of nitrogens with one attached hydrogen (secondary N) is 1. The van der Waals surface area contributed by atoms with Crippen molar-refractivity contribution in [3.05, 3.63) is 45.8 Å². The monoisotopic (exact) mass is 387 g/mol. The lowest BCUT2D eigenvalue weighted by molar-refractivity contribution is 0.0526. The molecule has 3 N–H and O–H groups in total. The molecule has 0 aliphatic carbocycles. The fourth-order valence-corrected chi connectivity index (χ4v) is 4.17. The van der Waals surface area contributed by atoms with Crippen molar-refractivity contribution in [2.75, 3.05) is 24.2 Å². The summed E-state index contributed by atoms with van der Waals surface area (Å²) in [5.74, 6) is -0.472. The fraction of sp³-hybridized carbons (Fsp3) is 0.316. The zero-order valence-electron chi connectivity index (χ0n) is 15.2. The minimum Gasteiger partial charge on any atom is -0.462 e. The number of anilines is 2. The third-order valence-corrected chi connectivity index (χ3v) is 5.42. The van der Waals surface area contributed by atoms with Crippen LogP contribution in [0.4, 0.5) is 15.5 Å². The average Bonchev–Trinajstić information content (AvgIpc) is 2.97. The molecule has 2 amide bonds. The van der Waals surface area contributed by atoms with Crippen LogP contribution in [0, 0.1) is 0 Å². The Hall–Kier alpha value is -2.87. The number of ketones is 1. The van der Waals surface area contributed by atoms with E-state index in [4.69, 9.17) is 10.5 Å². The van der Waals surface area contributed by atoms with Crippen molar-refractivity contribution in [3.63, 3.8) is 0 Å². The third kappa shape index (κ3) is 3.95. The van der Waals surface area contributed by atoms with Crippen molar-refractivity contribution in [3.8, 4) is 0 Å². The maximum atomic E-state index is 12.6. The molecule has 0 fully saturated rings. The van der Waals surface area contributed by atoms with Gasteiger partial charge in [-0.25, -0.2) is 9.59 Å². The molecule has 7 nitrogen and oxygen atoms in total. The van der Waals surface area contributed by atoms with Gasteiger partial charge in [-0.1, -0.05) is 12.1 Å². The van der Waals surface area contributed by atoms with Crippen LogP contribution >= 0.6 is 11.3 Å². The lowest BCUT2D eigenvalue weighted by atomic mass is 10.0. The molecule has 0 unspecified atom stereocenters. The highest BCUT2D eigenvalue weighted by molar-refractivity contribution is 7.16. The van der Waals surface area contributed by atoms with Crippen molar-refractivity contribution >= 4 is 39.8 Å². The lowest BCUT2D eigenvalue weighted by Crippen LogP contribution is -2.38. The van der Waals surface area contributed by atoms with E-state index in [1.54, 1.807) is 36.1 Å². The molecule has 0 atom stereocenters. The van der Waals surface area contributed by atoms with Crippen molar-refractivity contribution in [2.45, 2.75) is 26.8 Å². The number of Topliss-reactive ketones (excluding diaryl/α,β-unsaturated/α-hetero) is 1. The predicted molar refractivity (Wildman–Crippen MR) is 104 cm³/mol. The molecule has 1 aromatic heterocycles. The van der Waals surface area contributed by atoms with Gasteiger partial charge in [-0.3, -0.25) is 4.79 Å². The minimum atomic E-state index is -0.411. The molecule has 1 aromatic carbocycles. The number of thiophene rings is 1. The van der Waals surface area contributed by atoms with Crippen LogP contribution < -0.4 is 11.1 Å². The third-order valence-electron chi connectivity index (χ3n) is 4.37. The van der Waals surface area contributed by atoms with E-state index in [1.165, 1.54) is 18.3 Å². The number of urea groups is 1. The van der Waals surface area contributed by atoms with Gasteiger partial charge in [0.05, 0.1) is 18.7 Å². The first-order valence-electron chi connectivity index (χ1n) is 8.64. The molecule has 1 aliphatic rings. The summed E-state index contributed by atoms with van der Waals surface area (Å²) in [7, 11) is 0. The van der Waals surface area contributed by atoms with E-state index in [0.717, 1.165) is 10.4 Å². The number of rotatable bonds is 4. The molecule has 0 saturated heterocycles. The molecule has 0 saturated carbocycles. The number of esters is 1. The Kier molecular flexibility index (Phi) is 5.46. The van der Waals surface area contributed by atoms with Crippen LogP contribution in [0.1, 0.15) is 45.0 Å². The number of carbonyl (C=O) groups is 3. The molecule has 2 heterocycles. The van der Waals surface area contributed by atoms with E-state index in [9.17, 15) is 14.4 Å². The number of hydrogen-bond donors (Lipinski definition) is 2. The summed E-state index contributed by atoms with van der Waals surface area (Å²) in [6.45, 7) is 4.36. The zero-order valence-corrected chi connectivity index (χ0v) is 16.0. The fourth-order valence-electron chi connectivity index (χ4n) is 3.04. The van der Waals surface area contributed by atoms with Crippen molar-refractivity contribution in [1.82, 2.24) is 4.90 Å². The van der Waals surface area contributed by atoms with Gasteiger partial charge in [-0.2, -0.15) is 0 Å². The first kappa shape index (κ1) is 18.9. The lowest BCUT2D eigenvalue weighted by Gasteiger charge is -2.27. The van der Waals surface area contributed by atoms with E-state index < -0.39 is 5.97 Å². The highest BCUT2D eigenvalue weighted by atomic mass is 32.1. The largest absolute Gasteiger partial charge is 0.462 e. The Morgan fingerprint density at radius 2 is 2.11 bits per heavy atom. The van der Waals surface area contributed by atoms with Gasteiger partial charge in [0.25, 0.3) is 0 Å². The molecular weight excluding hydrogens is 366 g/mol. The van der Waals surface area contributed by atoms with E-state index in [1.807, 2.05) is 0 Å². The van der Waals surface area contributed by atoms with Crippen LogP contribution in [0.15, 0.2) is 24.3 Å². The van der Waals surface area contributed by atoms with Crippen molar-refractivity contribution < 1.29 is 19.1 Å². The number of ether oxygens (including phenoxy) is 1. The quantitative estimate of drug-likeness (QED) is 0.619. The summed E-state index contributed by atoms with van der Waals surface area (Å²) in [5.41, 5.74) is 8.43. The van der Waals surface area contributed by atoms with Gasteiger partial charge in [-0.15, -0.1) is 11.3 Å². The number of benzene rings is 1. The second-order valence-corrected chi connectivity index (χ2v) is 7.34. The molecular formula is C19H21N3O4S. The number of nitrogens with two attached hydrogens (primary N) is 1. The van der Waals surface area contributed by atoms with E-state index in [-0.39, 0.29) is 18.4 Å². The molecule has 0 spiro atoms.